The molecule has 0 saturated heterocycles. The van der Waals surface area contributed by atoms with Gasteiger partial charge in [0.15, 0.2) is 0 Å². The minimum atomic E-state index is -0.121. The number of benzene rings is 1. The van der Waals surface area contributed by atoms with E-state index in [-0.39, 0.29) is 5.91 Å². The predicted octanol–water partition coefficient (Wildman–Crippen LogP) is 3.80. The molecule has 0 saturated carbocycles. The first kappa shape index (κ1) is 13.4. The van der Waals surface area contributed by atoms with Crippen LogP contribution in [0.5, 0.6) is 0 Å². The number of hydrogen-bond acceptors (Lipinski definition) is 3. The van der Waals surface area contributed by atoms with E-state index >= 15 is 0 Å². The van der Waals surface area contributed by atoms with Gasteiger partial charge in [-0.25, -0.2) is 0 Å². The monoisotopic (exact) mass is 372 g/mol. The number of nitrogens with one attached hydrogen (secondary N) is 1. The van der Waals surface area contributed by atoms with Gasteiger partial charge in [0.05, 0.1) is 19.8 Å². The van der Waals surface area contributed by atoms with E-state index in [0.29, 0.717) is 16.9 Å². The van der Waals surface area contributed by atoms with Gasteiger partial charge in [-0.15, -0.1) is 11.3 Å². The maximum absolute atomic E-state index is 12.0. The Morgan fingerprint density at radius 2 is 1.94 bits per heavy atom. The summed E-state index contributed by atoms with van der Waals surface area (Å²) in [4.78, 5) is 12.0. The molecule has 0 unspecified atom stereocenters. The van der Waals surface area contributed by atoms with Gasteiger partial charge in [0.2, 0.25) is 0 Å². The Morgan fingerprint density at radius 3 is 2.56 bits per heavy atom. The molecule has 1 aromatic carbocycles. The van der Waals surface area contributed by atoms with Gasteiger partial charge in [-0.1, -0.05) is 0 Å². The smallest absolute Gasteiger partial charge is 0.256 e. The van der Waals surface area contributed by atoms with Crippen molar-refractivity contribution in [3.63, 3.8) is 0 Å². The van der Waals surface area contributed by atoms with Crippen LogP contribution >= 0.6 is 33.9 Å². The number of aryl methyl sites for hydroxylation is 2. The Morgan fingerprint density at radius 1 is 1.28 bits per heavy atom. The fraction of sp³-hybridized carbons (Fsp3) is 0.154. The van der Waals surface area contributed by atoms with Crippen LogP contribution in [0.25, 0.3) is 0 Å². The van der Waals surface area contributed by atoms with Gasteiger partial charge in [-0.2, -0.15) is 0 Å². The molecule has 0 aliphatic rings. The number of hydrogen-bond donors (Lipinski definition) is 2. The van der Waals surface area contributed by atoms with Gasteiger partial charge >= 0.3 is 0 Å². The molecule has 0 atom stereocenters. The highest BCUT2D eigenvalue weighted by Gasteiger charge is 2.10. The topological polar surface area (TPSA) is 55.1 Å². The number of halogens is 1. The molecule has 0 radical (unpaired) electrons. The van der Waals surface area contributed by atoms with Crippen molar-refractivity contribution >= 4 is 51.2 Å². The van der Waals surface area contributed by atoms with Crippen molar-refractivity contribution in [3.05, 3.63) is 43.2 Å². The second kappa shape index (κ2) is 5.27. The van der Waals surface area contributed by atoms with Crippen LogP contribution in [-0.2, 0) is 0 Å². The highest BCUT2D eigenvalue weighted by Crippen LogP contribution is 2.24. The first-order valence-electron chi connectivity index (χ1n) is 5.39. The number of nitrogens with two attached hydrogens (primary N) is 1. The van der Waals surface area contributed by atoms with E-state index in [9.17, 15) is 4.79 Å². The van der Waals surface area contributed by atoms with Crippen molar-refractivity contribution in [2.45, 2.75) is 13.8 Å². The first-order chi connectivity index (χ1) is 8.47. The second-order valence-electron chi connectivity index (χ2n) is 4.12. The predicted molar refractivity (Wildman–Crippen MR) is 85.3 cm³/mol. The Balaban J connectivity index is 2.24. The first-order valence-corrected chi connectivity index (χ1v) is 7.35. The Labute approximate surface area is 124 Å². The molecule has 1 heterocycles. The van der Waals surface area contributed by atoms with Gasteiger partial charge in [0, 0.05) is 5.38 Å². The molecule has 0 spiro atoms. The van der Waals surface area contributed by atoms with Crippen molar-refractivity contribution in [2.24, 2.45) is 0 Å². The summed E-state index contributed by atoms with van der Waals surface area (Å²) in [6, 6.07) is 5.64. The molecule has 1 amide bonds. The Bertz CT molecular complexity index is 607. The van der Waals surface area contributed by atoms with Crippen LogP contribution in [0.4, 0.5) is 11.4 Å². The molecule has 3 nitrogen and oxygen atoms in total. The van der Waals surface area contributed by atoms with Crippen molar-refractivity contribution in [1.82, 2.24) is 0 Å². The molecule has 2 rings (SSSR count). The van der Waals surface area contributed by atoms with E-state index in [0.717, 1.165) is 14.0 Å². The zero-order chi connectivity index (χ0) is 13.3. The summed E-state index contributed by atoms with van der Waals surface area (Å²) in [7, 11) is 0. The number of carbonyl (C=O) groups excluding carboxylic acids is 1. The number of amides is 1. The summed E-state index contributed by atoms with van der Waals surface area (Å²) < 4.78 is 1.09. The second-order valence-corrected chi connectivity index (χ2v) is 6.92. The number of thiophene rings is 1. The lowest BCUT2D eigenvalue weighted by atomic mass is 10.1. The summed E-state index contributed by atoms with van der Waals surface area (Å²) in [6.45, 7) is 4.00. The van der Waals surface area contributed by atoms with E-state index in [1.54, 1.807) is 11.3 Å². The Kier molecular flexibility index (Phi) is 3.91. The van der Waals surface area contributed by atoms with E-state index in [1.165, 1.54) is 0 Å². The number of anilines is 2. The van der Waals surface area contributed by atoms with Crippen LogP contribution < -0.4 is 11.1 Å². The zero-order valence-corrected chi connectivity index (χ0v) is 13.1. The molecule has 0 aliphatic heterocycles. The van der Waals surface area contributed by atoms with Crippen LogP contribution in [-0.4, -0.2) is 5.91 Å². The fourth-order valence-corrected chi connectivity index (χ4v) is 2.90. The van der Waals surface area contributed by atoms with Gasteiger partial charge in [-0.3, -0.25) is 4.79 Å². The van der Waals surface area contributed by atoms with Crippen molar-refractivity contribution in [2.75, 3.05) is 11.1 Å². The molecular formula is C13H13IN2OS. The normalized spacial score (nSPS) is 10.4. The van der Waals surface area contributed by atoms with Crippen molar-refractivity contribution < 1.29 is 4.79 Å². The summed E-state index contributed by atoms with van der Waals surface area (Å²) in [5.41, 5.74) is 10.1. The van der Waals surface area contributed by atoms with E-state index < -0.39 is 0 Å². The summed E-state index contributed by atoms with van der Waals surface area (Å²) >= 11 is 3.74. The number of nitrogen functional groups attached to an aromatic ring is 1. The standard InChI is InChI=1S/C13H13IN2OS/c1-7-3-10(15)11(4-8(7)2)16-13(17)9-5-12(14)18-6-9/h3-6H,15H2,1-2H3,(H,16,17). The van der Waals surface area contributed by atoms with Crippen LogP contribution in [0.2, 0.25) is 0 Å². The third kappa shape index (κ3) is 2.84. The lowest BCUT2D eigenvalue weighted by molar-refractivity contribution is 0.102. The van der Waals surface area contributed by atoms with Gasteiger partial charge in [0.1, 0.15) is 0 Å². The minimum Gasteiger partial charge on any atom is -0.397 e. The molecular weight excluding hydrogens is 359 g/mol. The third-order valence-electron chi connectivity index (χ3n) is 2.74. The van der Waals surface area contributed by atoms with Crippen LogP contribution in [0, 0.1) is 16.7 Å². The largest absolute Gasteiger partial charge is 0.397 e. The van der Waals surface area contributed by atoms with Crippen molar-refractivity contribution in [1.29, 1.82) is 0 Å². The Hall–Kier alpha value is -1.08. The summed E-state index contributed by atoms with van der Waals surface area (Å²) in [5.74, 6) is -0.121. The van der Waals surface area contributed by atoms with Gasteiger partial charge in [-0.05, 0) is 65.8 Å². The average molecular weight is 372 g/mol. The lowest BCUT2D eigenvalue weighted by Gasteiger charge is -2.10. The molecule has 1 aromatic heterocycles. The molecule has 3 N–H and O–H groups in total. The quantitative estimate of drug-likeness (QED) is 0.622. The zero-order valence-electron chi connectivity index (χ0n) is 10.1. The average Bonchev–Trinajstić information content (AvgIpc) is 2.73. The maximum atomic E-state index is 12.0. The summed E-state index contributed by atoms with van der Waals surface area (Å²) in [5, 5.41) is 4.69. The highest BCUT2D eigenvalue weighted by molar-refractivity contribution is 14.1. The van der Waals surface area contributed by atoms with Crippen LogP contribution in [0.3, 0.4) is 0 Å². The molecule has 2 aromatic rings. The highest BCUT2D eigenvalue weighted by atomic mass is 127. The maximum Gasteiger partial charge on any atom is 0.256 e. The molecule has 0 aliphatic carbocycles. The SMILES string of the molecule is Cc1cc(N)c(NC(=O)c2csc(I)c2)cc1C. The molecule has 5 heteroatoms. The molecule has 0 fully saturated rings. The lowest BCUT2D eigenvalue weighted by Crippen LogP contribution is -2.12. The van der Waals surface area contributed by atoms with Crippen molar-refractivity contribution in [3.8, 4) is 0 Å². The minimum absolute atomic E-state index is 0.121. The molecule has 18 heavy (non-hydrogen) atoms. The van der Waals surface area contributed by atoms with Crippen LogP contribution in [0.1, 0.15) is 21.5 Å². The molecule has 0 bridgehead atoms. The number of rotatable bonds is 2. The fourth-order valence-electron chi connectivity index (χ4n) is 1.57. The van der Waals surface area contributed by atoms with E-state index in [1.807, 2.05) is 37.4 Å². The van der Waals surface area contributed by atoms with E-state index in [4.69, 9.17) is 5.73 Å². The van der Waals surface area contributed by atoms with Gasteiger partial charge in [0.25, 0.3) is 5.91 Å². The van der Waals surface area contributed by atoms with E-state index in [2.05, 4.69) is 27.9 Å². The number of carbonyl (C=O) groups is 1. The van der Waals surface area contributed by atoms with Gasteiger partial charge < -0.3 is 11.1 Å². The molecule has 94 valence electrons. The summed E-state index contributed by atoms with van der Waals surface area (Å²) in [6.07, 6.45) is 0. The van der Waals surface area contributed by atoms with Crippen LogP contribution in [0.15, 0.2) is 23.6 Å². The third-order valence-corrected chi connectivity index (χ3v) is 4.53.